The van der Waals surface area contributed by atoms with Crippen LogP contribution in [-0.2, 0) is 16.0 Å². The molecule has 0 spiro atoms. The molecule has 5 heteroatoms. The number of nitrogen functional groups attached to an aromatic ring is 1. The Morgan fingerprint density at radius 1 is 1.53 bits per heavy atom. The number of hydrogen-bond acceptors (Lipinski definition) is 4. The number of phenols is 1. The minimum atomic E-state index is -0.113. The van der Waals surface area contributed by atoms with Gasteiger partial charge in [-0.2, -0.15) is 0 Å². The molecule has 0 aromatic heterocycles. The Morgan fingerprint density at radius 2 is 2.29 bits per heavy atom. The fraction of sp³-hybridized carbons (Fsp3) is 0.417. The molecular weight excluding hydrogens is 220 g/mol. The molecule has 0 aliphatic carbocycles. The number of ether oxygens (including phenoxy) is 1. The highest BCUT2D eigenvalue weighted by Gasteiger charge is 2.06. The quantitative estimate of drug-likeness (QED) is 0.386. The van der Waals surface area contributed by atoms with Crippen molar-refractivity contribution in [2.24, 2.45) is 0 Å². The molecule has 1 aromatic rings. The molecule has 0 saturated carbocycles. The minimum Gasteiger partial charge on any atom is -0.508 e. The van der Waals surface area contributed by atoms with Gasteiger partial charge in [0.2, 0.25) is 5.91 Å². The van der Waals surface area contributed by atoms with Gasteiger partial charge < -0.3 is 20.9 Å². The van der Waals surface area contributed by atoms with Crippen LogP contribution in [0.2, 0.25) is 0 Å². The molecule has 0 fully saturated rings. The number of nitrogens with two attached hydrogens (primary N) is 1. The summed E-state index contributed by atoms with van der Waals surface area (Å²) in [5.74, 6) is -0.000198. The summed E-state index contributed by atoms with van der Waals surface area (Å²) in [5.41, 5.74) is 6.85. The van der Waals surface area contributed by atoms with Crippen molar-refractivity contribution in [2.75, 3.05) is 26.0 Å². The fourth-order valence-electron chi connectivity index (χ4n) is 1.43. The number of phenolic OH excluding ortho intramolecular Hbond substituents is 1. The molecular formula is C12H18N2O3. The molecule has 0 saturated heterocycles. The summed E-state index contributed by atoms with van der Waals surface area (Å²) in [7, 11) is 1.62. The maximum absolute atomic E-state index is 11.6. The van der Waals surface area contributed by atoms with E-state index in [4.69, 9.17) is 10.5 Å². The van der Waals surface area contributed by atoms with Crippen molar-refractivity contribution in [2.45, 2.75) is 12.8 Å². The summed E-state index contributed by atoms with van der Waals surface area (Å²) in [4.78, 5) is 11.6. The number of amides is 1. The summed E-state index contributed by atoms with van der Waals surface area (Å²) < 4.78 is 4.87. The van der Waals surface area contributed by atoms with Crippen molar-refractivity contribution < 1.29 is 14.6 Å². The Kier molecular flexibility index (Phi) is 5.29. The standard InChI is InChI=1S/C12H18N2O3/c1-17-6-2-5-14-12(16)8-9-7-10(15)3-4-11(9)13/h3-4,7,15H,2,5-6,8,13H2,1H3,(H,14,16). The molecule has 5 nitrogen and oxygen atoms in total. The van der Waals surface area contributed by atoms with E-state index in [1.807, 2.05) is 0 Å². The lowest BCUT2D eigenvalue weighted by atomic mass is 10.1. The highest BCUT2D eigenvalue weighted by molar-refractivity contribution is 5.80. The van der Waals surface area contributed by atoms with Crippen LogP contribution in [0.4, 0.5) is 5.69 Å². The largest absolute Gasteiger partial charge is 0.508 e. The van der Waals surface area contributed by atoms with Gasteiger partial charge >= 0.3 is 0 Å². The molecule has 1 amide bonds. The smallest absolute Gasteiger partial charge is 0.224 e. The van der Waals surface area contributed by atoms with Crippen LogP contribution in [0.5, 0.6) is 5.75 Å². The molecule has 0 unspecified atom stereocenters. The topological polar surface area (TPSA) is 84.6 Å². The first-order chi connectivity index (χ1) is 8.13. The van der Waals surface area contributed by atoms with E-state index in [-0.39, 0.29) is 18.1 Å². The number of carbonyl (C=O) groups excluding carboxylic acids is 1. The van der Waals surface area contributed by atoms with E-state index in [0.717, 1.165) is 6.42 Å². The van der Waals surface area contributed by atoms with E-state index in [2.05, 4.69) is 5.32 Å². The van der Waals surface area contributed by atoms with E-state index in [0.29, 0.717) is 24.4 Å². The van der Waals surface area contributed by atoms with Crippen molar-refractivity contribution in [1.82, 2.24) is 5.32 Å². The molecule has 1 rings (SSSR count). The summed E-state index contributed by atoms with van der Waals surface area (Å²) in [6, 6.07) is 4.59. The van der Waals surface area contributed by atoms with E-state index in [1.54, 1.807) is 13.2 Å². The SMILES string of the molecule is COCCCNC(=O)Cc1cc(O)ccc1N. The number of nitrogens with one attached hydrogen (secondary N) is 1. The molecule has 4 N–H and O–H groups in total. The van der Waals surface area contributed by atoms with Crippen LogP contribution in [0.15, 0.2) is 18.2 Å². The van der Waals surface area contributed by atoms with Gasteiger partial charge in [0.05, 0.1) is 6.42 Å². The van der Waals surface area contributed by atoms with E-state index in [9.17, 15) is 9.90 Å². The second kappa shape index (κ2) is 6.75. The number of hydrogen-bond donors (Lipinski definition) is 3. The summed E-state index contributed by atoms with van der Waals surface area (Å²) in [6.07, 6.45) is 0.949. The first-order valence-electron chi connectivity index (χ1n) is 5.46. The fourth-order valence-corrected chi connectivity index (χ4v) is 1.43. The van der Waals surface area contributed by atoms with Gasteiger partial charge in [0.15, 0.2) is 0 Å². The first kappa shape index (κ1) is 13.3. The highest BCUT2D eigenvalue weighted by atomic mass is 16.5. The van der Waals surface area contributed by atoms with Crippen molar-refractivity contribution in [3.63, 3.8) is 0 Å². The molecule has 0 aliphatic heterocycles. The van der Waals surface area contributed by atoms with Crippen LogP contribution in [0.1, 0.15) is 12.0 Å². The van der Waals surface area contributed by atoms with Crippen LogP contribution in [-0.4, -0.2) is 31.3 Å². The predicted octanol–water partition coefficient (Wildman–Crippen LogP) is 0.670. The zero-order valence-corrected chi connectivity index (χ0v) is 9.90. The number of rotatable bonds is 6. The summed E-state index contributed by atoms with van der Waals surface area (Å²) >= 11 is 0. The molecule has 17 heavy (non-hydrogen) atoms. The van der Waals surface area contributed by atoms with Gasteiger partial charge in [-0.25, -0.2) is 0 Å². The Hall–Kier alpha value is -1.75. The number of aromatic hydroxyl groups is 1. The second-order valence-corrected chi connectivity index (χ2v) is 3.76. The second-order valence-electron chi connectivity index (χ2n) is 3.76. The molecule has 94 valence electrons. The molecule has 0 radical (unpaired) electrons. The number of methoxy groups -OCH3 is 1. The van der Waals surface area contributed by atoms with Crippen molar-refractivity contribution in [1.29, 1.82) is 0 Å². The predicted molar refractivity (Wildman–Crippen MR) is 65.7 cm³/mol. The van der Waals surface area contributed by atoms with Gasteiger partial charge in [0.1, 0.15) is 5.75 Å². The maximum atomic E-state index is 11.6. The lowest BCUT2D eigenvalue weighted by molar-refractivity contribution is -0.120. The van der Waals surface area contributed by atoms with Crippen LogP contribution in [0.25, 0.3) is 0 Å². The van der Waals surface area contributed by atoms with E-state index < -0.39 is 0 Å². The number of carbonyl (C=O) groups is 1. The number of anilines is 1. The minimum absolute atomic E-state index is 0.112. The average Bonchev–Trinajstić information content (AvgIpc) is 2.29. The van der Waals surface area contributed by atoms with Gasteiger partial charge in [0.25, 0.3) is 0 Å². The van der Waals surface area contributed by atoms with Crippen molar-refractivity contribution >= 4 is 11.6 Å². The Morgan fingerprint density at radius 3 is 3.00 bits per heavy atom. The van der Waals surface area contributed by atoms with Crippen LogP contribution in [0.3, 0.4) is 0 Å². The maximum Gasteiger partial charge on any atom is 0.224 e. The Balaban J connectivity index is 2.42. The zero-order chi connectivity index (χ0) is 12.7. The zero-order valence-electron chi connectivity index (χ0n) is 9.90. The van der Waals surface area contributed by atoms with Gasteiger partial charge in [-0.05, 0) is 30.2 Å². The Bertz CT molecular complexity index is 380. The highest BCUT2D eigenvalue weighted by Crippen LogP contribution is 2.18. The van der Waals surface area contributed by atoms with Gasteiger partial charge in [-0.3, -0.25) is 4.79 Å². The average molecular weight is 238 g/mol. The summed E-state index contributed by atoms with van der Waals surface area (Å²) in [6.45, 7) is 1.19. The molecule has 0 atom stereocenters. The summed E-state index contributed by atoms with van der Waals surface area (Å²) in [5, 5.41) is 12.0. The first-order valence-corrected chi connectivity index (χ1v) is 5.46. The molecule has 0 bridgehead atoms. The van der Waals surface area contributed by atoms with Crippen LogP contribution < -0.4 is 11.1 Å². The number of benzene rings is 1. The normalized spacial score (nSPS) is 10.2. The van der Waals surface area contributed by atoms with Crippen LogP contribution in [0, 0.1) is 0 Å². The lowest BCUT2D eigenvalue weighted by Gasteiger charge is -2.07. The Labute approximate surface area is 101 Å². The van der Waals surface area contributed by atoms with Crippen LogP contribution >= 0.6 is 0 Å². The third-order valence-corrected chi connectivity index (χ3v) is 2.32. The van der Waals surface area contributed by atoms with Crippen molar-refractivity contribution in [3.05, 3.63) is 23.8 Å². The van der Waals surface area contributed by atoms with E-state index >= 15 is 0 Å². The van der Waals surface area contributed by atoms with Gasteiger partial charge in [-0.1, -0.05) is 0 Å². The molecule has 1 aromatic carbocycles. The van der Waals surface area contributed by atoms with Crippen molar-refractivity contribution in [3.8, 4) is 5.75 Å². The third kappa shape index (κ3) is 4.74. The molecule has 0 heterocycles. The van der Waals surface area contributed by atoms with Gasteiger partial charge in [0, 0.05) is 25.9 Å². The molecule has 0 aliphatic rings. The third-order valence-electron chi connectivity index (χ3n) is 2.32. The van der Waals surface area contributed by atoms with Gasteiger partial charge in [-0.15, -0.1) is 0 Å². The van der Waals surface area contributed by atoms with E-state index in [1.165, 1.54) is 12.1 Å². The lowest BCUT2D eigenvalue weighted by Crippen LogP contribution is -2.27. The monoisotopic (exact) mass is 238 g/mol.